The second-order valence-electron chi connectivity index (χ2n) is 9.47. The van der Waals surface area contributed by atoms with Gasteiger partial charge in [0.25, 0.3) is 0 Å². The van der Waals surface area contributed by atoms with Gasteiger partial charge in [-0.15, -0.1) is 0 Å². The van der Waals surface area contributed by atoms with Crippen LogP contribution in [0.5, 0.6) is 0 Å². The summed E-state index contributed by atoms with van der Waals surface area (Å²) in [5.41, 5.74) is 0.647. The van der Waals surface area contributed by atoms with Crippen LogP contribution in [0.1, 0.15) is 69.9 Å². The normalized spacial score (nSPS) is 24.4. The highest BCUT2D eigenvalue weighted by molar-refractivity contribution is 7.90. The van der Waals surface area contributed by atoms with E-state index < -0.39 is 9.84 Å². The van der Waals surface area contributed by atoms with Gasteiger partial charge in [0, 0.05) is 44.3 Å². The van der Waals surface area contributed by atoms with Gasteiger partial charge in [0.05, 0.1) is 11.9 Å². The van der Waals surface area contributed by atoms with Crippen molar-refractivity contribution in [1.29, 1.82) is 0 Å². The van der Waals surface area contributed by atoms with Crippen molar-refractivity contribution in [2.24, 2.45) is 11.8 Å². The third-order valence-corrected chi connectivity index (χ3v) is 8.12. The lowest BCUT2D eigenvalue weighted by Crippen LogP contribution is -2.41. The molecule has 7 nitrogen and oxygen atoms in total. The Morgan fingerprint density at radius 3 is 2.37 bits per heavy atom. The molecule has 1 saturated carbocycles. The second kappa shape index (κ2) is 8.81. The van der Waals surface area contributed by atoms with Gasteiger partial charge < -0.3 is 9.80 Å². The largest absolute Gasteiger partial charge is 0.342 e. The van der Waals surface area contributed by atoms with E-state index in [1.54, 1.807) is 0 Å². The summed E-state index contributed by atoms with van der Waals surface area (Å²) >= 11 is 0. The molecule has 1 atom stereocenters. The lowest BCUT2D eigenvalue weighted by molar-refractivity contribution is -0.136. The van der Waals surface area contributed by atoms with Crippen molar-refractivity contribution >= 4 is 21.7 Å². The van der Waals surface area contributed by atoms with Crippen molar-refractivity contribution in [3.8, 4) is 0 Å². The molecule has 3 heterocycles. The predicted molar refractivity (Wildman–Crippen MR) is 116 cm³/mol. The Morgan fingerprint density at radius 2 is 1.73 bits per heavy atom. The van der Waals surface area contributed by atoms with E-state index in [1.165, 1.54) is 18.9 Å². The fourth-order valence-corrected chi connectivity index (χ4v) is 6.12. The summed E-state index contributed by atoms with van der Waals surface area (Å²) in [6.07, 6.45) is 10.9. The highest BCUT2D eigenvalue weighted by Gasteiger charge is 2.33. The number of carbonyl (C=O) groups is 1. The smallest absolute Gasteiger partial charge is 0.225 e. The summed E-state index contributed by atoms with van der Waals surface area (Å²) < 4.78 is 24.8. The molecule has 0 spiro atoms. The van der Waals surface area contributed by atoms with E-state index in [4.69, 9.17) is 4.98 Å². The average Bonchev–Trinajstić information content (AvgIpc) is 3.27. The zero-order chi connectivity index (χ0) is 21.3. The minimum absolute atomic E-state index is 0.0475. The van der Waals surface area contributed by atoms with Gasteiger partial charge in [-0.1, -0.05) is 19.8 Å². The second-order valence-corrected chi connectivity index (χ2v) is 11.5. The van der Waals surface area contributed by atoms with E-state index >= 15 is 0 Å². The average molecular weight is 435 g/mol. The van der Waals surface area contributed by atoms with Gasteiger partial charge in [0.1, 0.15) is 4.90 Å². The molecule has 0 radical (unpaired) electrons. The van der Waals surface area contributed by atoms with Crippen LogP contribution in [0, 0.1) is 11.8 Å². The summed E-state index contributed by atoms with van der Waals surface area (Å²) in [6.45, 7) is 5.42. The molecule has 8 heteroatoms. The molecule has 2 saturated heterocycles. The van der Waals surface area contributed by atoms with E-state index in [0.717, 1.165) is 58.0 Å². The van der Waals surface area contributed by atoms with Crippen LogP contribution in [0.2, 0.25) is 0 Å². The third-order valence-electron chi connectivity index (χ3n) is 7.01. The van der Waals surface area contributed by atoms with Crippen molar-refractivity contribution in [3.63, 3.8) is 0 Å². The van der Waals surface area contributed by atoms with E-state index in [2.05, 4.69) is 16.8 Å². The molecule has 1 aliphatic carbocycles. The Labute approximate surface area is 180 Å². The number of nitrogens with zero attached hydrogens (tertiary/aromatic N) is 4. The molecular formula is C22H34N4O3S. The standard InChI is InChI=1S/C22H34N4O3S/c1-16-6-5-11-26(15-16)22-23-14-19(30(2,28)29)20(24-22)17-9-12-25(13-10-17)21(27)18-7-3-4-8-18/h14,16-18H,3-13,15H2,1-2H3. The van der Waals surface area contributed by atoms with Crippen LogP contribution in [-0.2, 0) is 14.6 Å². The molecule has 0 N–H and O–H groups in total. The van der Waals surface area contributed by atoms with Crippen LogP contribution < -0.4 is 4.90 Å². The maximum atomic E-state index is 12.8. The minimum Gasteiger partial charge on any atom is -0.342 e. The number of sulfone groups is 1. The zero-order valence-electron chi connectivity index (χ0n) is 18.2. The lowest BCUT2D eigenvalue weighted by atomic mass is 9.92. The highest BCUT2D eigenvalue weighted by atomic mass is 32.2. The monoisotopic (exact) mass is 434 g/mol. The summed E-state index contributed by atoms with van der Waals surface area (Å²) in [5, 5.41) is 0. The molecule has 3 fully saturated rings. The van der Waals surface area contributed by atoms with E-state index in [0.29, 0.717) is 36.6 Å². The lowest BCUT2D eigenvalue weighted by Gasteiger charge is -2.35. The van der Waals surface area contributed by atoms with Crippen molar-refractivity contribution in [3.05, 3.63) is 11.9 Å². The minimum atomic E-state index is -3.41. The molecule has 0 bridgehead atoms. The Bertz CT molecular complexity index is 874. The van der Waals surface area contributed by atoms with Crippen molar-refractivity contribution in [2.75, 3.05) is 37.3 Å². The Balaban J connectivity index is 1.53. The molecule has 1 amide bonds. The predicted octanol–water partition coefficient (Wildman–Crippen LogP) is 3.01. The first-order valence-electron chi connectivity index (χ1n) is 11.4. The van der Waals surface area contributed by atoms with Gasteiger partial charge in [0.2, 0.25) is 11.9 Å². The van der Waals surface area contributed by atoms with Crippen LogP contribution in [0.25, 0.3) is 0 Å². The molecule has 30 heavy (non-hydrogen) atoms. The first-order chi connectivity index (χ1) is 14.3. The van der Waals surface area contributed by atoms with Crippen molar-refractivity contribution in [1.82, 2.24) is 14.9 Å². The Kier molecular flexibility index (Phi) is 6.32. The zero-order valence-corrected chi connectivity index (χ0v) is 19.0. The first-order valence-corrected chi connectivity index (χ1v) is 13.3. The van der Waals surface area contributed by atoms with Crippen LogP contribution in [0.15, 0.2) is 11.1 Å². The number of hydrogen-bond acceptors (Lipinski definition) is 6. The maximum Gasteiger partial charge on any atom is 0.225 e. The molecule has 1 aromatic heterocycles. The first kappa shape index (κ1) is 21.5. The highest BCUT2D eigenvalue weighted by Crippen LogP contribution is 2.34. The molecule has 3 aliphatic rings. The summed E-state index contributed by atoms with van der Waals surface area (Å²) in [4.78, 5) is 26.4. The molecule has 2 aliphatic heterocycles. The number of piperidine rings is 2. The third kappa shape index (κ3) is 4.63. The number of rotatable bonds is 4. The van der Waals surface area contributed by atoms with Crippen LogP contribution in [0.3, 0.4) is 0 Å². The Hall–Kier alpha value is -1.70. The maximum absolute atomic E-state index is 12.8. The summed E-state index contributed by atoms with van der Waals surface area (Å²) in [6, 6.07) is 0. The molecule has 1 aromatic rings. The SMILES string of the molecule is CC1CCCN(c2ncc(S(C)(=O)=O)c(C3CCN(C(=O)C4CCCC4)CC3)n2)C1. The molecule has 1 unspecified atom stereocenters. The van der Waals surface area contributed by atoms with Gasteiger partial charge >= 0.3 is 0 Å². The number of hydrogen-bond donors (Lipinski definition) is 0. The number of likely N-dealkylation sites (tertiary alicyclic amines) is 1. The van der Waals surface area contributed by atoms with Gasteiger partial charge in [0.15, 0.2) is 9.84 Å². The molecule has 0 aromatic carbocycles. The molecule has 166 valence electrons. The summed E-state index contributed by atoms with van der Waals surface area (Å²) in [7, 11) is -3.41. The van der Waals surface area contributed by atoms with Crippen molar-refractivity contribution < 1.29 is 13.2 Å². The quantitative estimate of drug-likeness (QED) is 0.724. The topological polar surface area (TPSA) is 83.5 Å². The Morgan fingerprint density at radius 1 is 1.03 bits per heavy atom. The van der Waals surface area contributed by atoms with Gasteiger partial charge in [-0.05, 0) is 44.4 Å². The van der Waals surface area contributed by atoms with Crippen LogP contribution in [-0.4, -0.2) is 61.6 Å². The number of anilines is 1. The van der Waals surface area contributed by atoms with E-state index in [-0.39, 0.29) is 16.7 Å². The summed E-state index contributed by atoms with van der Waals surface area (Å²) in [5.74, 6) is 1.77. The van der Waals surface area contributed by atoms with E-state index in [9.17, 15) is 13.2 Å². The molecular weight excluding hydrogens is 400 g/mol. The van der Waals surface area contributed by atoms with E-state index in [1.807, 2.05) is 4.90 Å². The number of aromatic nitrogens is 2. The van der Waals surface area contributed by atoms with Crippen LogP contribution in [0.4, 0.5) is 5.95 Å². The van der Waals surface area contributed by atoms with Gasteiger partial charge in [-0.2, -0.15) is 0 Å². The van der Waals surface area contributed by atoms with Crippen LogP contribution >= 0.6 is 0 Å². The fraction of sp³-hybridized carbons (Fsp3) is 0.773. The van der Waals surface area contributed by atoms with Crippen molar-refractivity contribution in [2.45, 2.75) is 69.1 Å². The number of carbonyl (C=O) groups excluding carboxylic acids is 1. The van der Waals surface area contributed by atoms with Gasteiger partial charge in [-0.25, -0.2) is 18.4 Å². The number of amides is 1. The van der Waals surface area contributed by atoms with Gasteiger partial charge in [-0.3, -0.25) is 4.79 Å². The fourth-order valence-electron chi connectivity index (χ4n) is 5.28. The molecule has 4 rings (SSSR count).